The van der Waals surface area contributed by atoms with E-state index < -0.39 is 16.8 Å². The number of amides is 1. The fourth-order valence-corrected chi connectivity index (χ4v) is 1.25. The summed E-state index contributed by atoms with van der Waals surface area (Å²) in [4.78, 5) is 14.0. The number of nitrogens with one attached hydrogen (secondary N) is 1. The Kier molecular flexibility index (Phi) is 2.37. The van der Waals surface area contributed by atoms with Crippen LogP contribution in [-0.4, -0.2) is 17.9 Å². The number of hydrogen-bond donors (Lipinski definition) is 1. The molecule has 3 nitrogen and oxygen atoms in total. The third-order valence-electron chi connectivity index (χ3n) is 1.21. The van der Waals surface area contributed by atoms with Crippen LogP contribution in [0.1, 0.15) is 5.01 Å². The Morgan fingerprint density at radius 3 is 2.83 bits per heavy atom. The van der Waals surface area contributed by atoms with Crippen LogP contribution in [0, 0.1) is 0 Å². The van der Waals surface area contributed by atoms with E-state index in [0.717, 1.165) is 18.4 Å². The average molecular weight is 192 g/mol. The van der Waals surface area contributed by atoms with Gasteiger partial charge in [0.25, 0.3) is 5.91 Å². The SMILES string of the molecule is CNC(=O)C(F)(F)c1nccs1. The van der Waals surface area contributed by atoms with E-state index in [0.29, 0.717) is 0 Å². The van der Waals surface area contributed by atoms with E-state index in [1.165, 1.54) is 11.6 Å². The van der Waals surface area contributed by atoms with Crippen LogP contribution >= 0.6 is 11.3 Å². The molecule has 0 saturated heterocycles. The summed E-state index contributed by atoms with van der Waals surface area (Å²) in [5.41, 5.74) is 0. The lowest BCUT2D eigenvalue weighted by Gasteiger charge is -2.10. The number of carbonyl (C=O) groups excluding carboxylic acids is 1. The second-order valence-electron chi connectivity index (χ2n) is 1.99. The van der Waals surface area contributed by atoms with Crippen molar-refractivity contribution < 1.29 is 13.6 Å². The molecule has 12 heavy (non-hydrogen) atoms. The van der Waals surface area contributed by atoms with Crippen LogP contribution in [0.15, 0.2) is 11.6 Å². The smallest absolute Gasteiger partial charge is 0.354 e. The largest absolute Gasteiger partial charge is 0.375 e. The minimum absolute atomic E-state index is 0.484. The molecular weight excluding hydrogens is 186 g/mol. The second kappa shape index (κ2) is 3.14. The number of nitrogens with zero attached hydrogens (tertiary/aromatic N) is 1. The molecule has 0 aromatic carbocycles. The van der Waals surface area contributed by atoms with Crippen molar-refractivity contribution >= 4 is 17.2 Å². The zero-order chi connectivity index (χ0) is 9.19. The summed E-state index contributed by atoms with van der Waals surface area (Å²) >= 11 is 0.752. The molecule has 1 aromatic heterocycles. The molecule has 1 N–H and O–H groups in total. The summed E-state index contributed by atoms with van der Waals surface area (Å²) in [5, 5.41) is 2.78. The maximum absolute atomic E-state index is 12.9. The molecule has 6 heteroatoms. The first-order valence-corrected chi connectivity index (χ1v) is 3.97. The van der Waals surface area contributed by atoms with Crippen LogP contribution in [0.2, 0.25) is 0 Å². The molecule has 0 spiro atoms. The Hall–Kier alpha value is -1.04. The highest BCUT2D eigenvalue weighted by Crippen LogP contribution is 2.29. The number of likely N-dealkylation sites (N-methyl/N-ethyl adjacent to an activating group) is 1. The van der Waals surface area contributed by atoms with Gasteiger partial charge in [0.2, 0.25) is 0 Å². The first-order chi connectivity index (χ1) is 5.59. The quantitative estimate of drug-likeness (QED) is 0.759. The summed E-state index contributed by atoms with van der Waals surface area (Å²) in [6.07, 6.45) is 1.23. The molecule has 0 aliphatic heterocycles. The standard InChI is InChI=1S/C6H6F2N2OS/c1-9-4(11)6(7,8)5-10-2-3-12-5/h2-3H,1H3,(H,9,11). The number of alkyl halides is 2. The van der Waals surface area contributed by atoms with Crippen molar-refractivity contribution in [3.63, 3.8) is 0 Å². The lowest BCUT2D eigenvalue weighted by Crippen LogP contribution is -2.35. The van der Waals surface area contributed by atoms with E-state index in [1.54, 1.807) is 0 Å². The molecule has 1 rings (SSSR count). The predicted octanol–water partition coefficient (Wildman–Crippen LogP) is 0.981. The Balaban J connectivity index is 2.93. The van der Waals surface area contributed by atoms with Gasteiger partial charge in [-0.2, -0.15) is 8.78 Å². The van der Waals surface area contributed by atoms with Crippen molar-refractivity contribution in [2.45, 2.75) is 5.92 Å². The molecule has 1 aromatic rings. The van der Waals surface area contributed by atoms with Gasteiger partial charge in [-0.05, 0) is 0 Å². The van der Waals surface area contributed by atoms with Crippen molar-refractivity contribution in [1.29, 1.82) is 0 Å². The Labute approximate surface area is 71.4 Å². The highest BCUT2D eigenvalue weighted by Gasteiger charge is 2.42. The zero-order valence-corrected chi connectivity index (χ0v) is 6.99. The maximum atomic E-state index is 12.9. The topological polar surface area (TPSA) is 42.0 Å². The van der Waals surface area contributed by atoms with Crippen LogP contribution in [0.25, 0.3) is 0 Å². The average Bonchev–Trinajstić information content (AvgIpc) is 2.55. The van der Waals surface area contributed by atoms with E-state index in [1.807, 2.05) is 5.32 Å². The number of rotatable bonds is 2. The van der Waals surface area contributed by atoms with Gasteiger partial charge in [-0.25, -0.2) is 4.98 Å². The fourth-order valence-electron chi connectivity index (χ4n) is 0.633. The lowest BCUT2D eigenvalue weighted by atomic mass is 10.3. The summed E-state index contributed by atoms with van der Waals surface area (Å²) in [6.45, 7) is 0. The van der Waals surface area contributed by atoms with Gasteiger partial charge < -0.3 is 5.32 Å². The van der Waals surface area contributed by atoms with Crippen LogP contribution in [-0.2, 0) is 10.7 Å². The molecule has 0 saturated carbocycles. The fraction of sp³-hybridized carbons (Fsp3) is 0.333. The van der Waals surface area contributed by atoms with Gasteiger partial charge in [-0.3, -0.25) is 4.79 Å². The van der Waals surface area contributed by atoms with Gasteiger partial charge in [0.1, 0.15) is 0 Å². The first-order valence-electron chi connectivity index (χ1n) is 3.09. The Morgan fingerprint density at radius 1 is 1.75 bits per heavy atom. The van der Waals surface area contributed by atoms with Gasteiger partial charge >= 0.3 is 5.92 Å². The van der Waals surface area contributed by atoms with Gasteiger partial charge in [0, 0.05) is 18.6 Å². The van der Waals surface area contributed by atoms with Crippen LogP contribution in [0.5, 0.6) is 0 Å². The van der Waals surface area contributed by atoms with Crippen LogP contribution in [0.3, 0.4) is 0 Å². The van der Waals surface area contributed by atoms with E-state index in [4.69, 9.17) is 0 Å². The molecule has 0 aliphatic rings. The van der Waals surface area contributed by atoms with Crippen molar-refractivity contribution in [3.8, 4) is 0 Å². The van der Waals surface area contributed by atoms with E-state index in [9.17, 15) is 13.6 Å². The molecule has 0 unspecified atom stereocenters. The minimum Gasteiger partial charge on any atom is -0.354 e. The summed E-state index contributed by atoms with van der Waals surface area (Å²) in [6, 6.07) is 0. The molecule has 0 radical (unpaired) electrons. The van der Waals surface area contributed by atoms with E-state index in [-0.39, 0.29) is 0 Å². The molecule has 66 valence electrons. The third kappa shape index (κ3) is 1.42. The number of halogens is 2. The van der Waals surface area contributed by atoms with Crippen molar-refractivity contribution in [2.24, 2.45) is 0 Å². The highest BCUT2D eigenvalue weighted by molar-refractivity contribution is 7.09. The molecule has 0 atom stereocenters. The molecular formula is C6H6F2N2OS. The van der Waals surface area contributed by atoms with Gasteiger partial charge in [0.05, 0.1) is 0 Å². The summed E-state index contributed by atoms with van der Waals surface area (Å²) < 4.78 is 25.8. The second-order valence-corrected chi connectivity index (χ2v) is 2.89. The first kappa shape index (κ1) is 9.05. The molecule has 1 heterocycles. The number of carbonyl (C=O) groups is 1. The number of aromatic nitrogens is 1. The van der Waals surface area contributed by atoms with Crippen molar-refractivity contribution in [2.75, 3.05) is 7.05 Å². The molecule has 0 bridgehead atoms. The van der Waals surface area contributed by atoms with Crippen molar-refractivity contribution in [3.05, 3.63) is 16.6 Å². The van der Waals surface area contributed by atoms with E-state index >= 15 is 0 Å². The maximum Gasteiger partial charge on any atom is 0.375 e. The minimum atomic E-state index is -3.51. The van der Waals surface area contributed by atoms with Crippen molar-refractivity contribution in [1.82, 2.24) is 10.3 Å². The third-order valence-corrected chi connectivity index (χ3v) is 2.06. The van der Waals surface area contributed by atoms with Crippen LogP contribution < -0.4 is 5.32 Å². The molecule has 1 amide bonds. The van der Waals surface area contributed by atoms with Crippen LogP contribution in [0.4, 0.5) is 8.78 Å². The predicted molar refractivity (Wildman–Crippen MR) is 40.1 cm³/mol. The number of thiazole rings is 1. The van der Waals surface area contributed by atoms with E-state index in [2.05, 4.69) is 4.98 Å². The molecule has 0 aliphatic carbocycles. The number of hydrogen-bond acceptors (Lipinski definition) is 3. The summed E-state index contributed by atoms with van der Waals surface area (Å²) in [5.74, 6) is -4.85. The normalized spacial score (nSPS) is 11.2. The lowest BCUT2D eigenvalue weighted by molar-refractivity contribution is -0.146. The Bertz CT molecular complexity index is 273. The van der Waals surface area contributed by atoms with Gasteiger partial charge in [-0.1, -0.05) is 0 Å². The van der Waals surface area contributed by atoms with Gasteiger partial charge in [-0.15, -0.1) is 11.3 Å². The zero-order valence-electron chi connectivity index (χ0n) is 6.17. The highest BCUT2D eigenvalue weighted by atomic mass is 32.1. The van der Waals surface area contributed by atoms with Gasteiger partial charge in [0.15, 0.2) is 5.01 Å². The molecule has 0 fully saturated rings. The Morgan fingerprint density at radius 2 is 2.42 bits per heavy atom. The summed E-state index contributed by atoms with van der Waals surface area (Å²) in [7, 11) is 1.16. The monoisotopic (exact) mass is 192 g/mol.